The molecule has 0 spiro atoms. The molecule has 0 aliphatic carbocycles. The van der Waals surface area contributed by atoms with Gasteiger partial charge in [-0.25, -0.2) is 8.42 Å². The first-order valence-electron chi connectivity index (χ1n) is 8.32. The molecule has 0 N–H and O–H groups in total. The van der Waals surface area contributed by atoms with Crippen molar-refractivity contribution < 1.29 is 44.3 Å². The van der Waals surface area contributed by atoms with E-state index in [9.17, 15) is 39.6 Å². The van der Waals surface area contributed by atoms with Gasteiger partial charge in [-0.05, 0) is 37.6 Å². The van der Waals surface area contributed by atoms with Gasteiger partial charge in [-0.15, -0.1) is 0 Å². The quantitative estimate of drug-likeness (QED) is 0.470. The van der Waals surface area contributed by atoms with E-state index in [0.717, 1.165) is 13.8 Å². The molecule has 11 heteroatoms. The molecule has 2 rings (SSSR count). The van der Waals surface area contributed by atoms with Crippen LogP contribution >= 0.6 is 0 Å². The average molecular weight is 454 g/mol. The largest absolute Gasteiger partial charge is 0.460 e. The van der Waals surface area contributed by atoms with Crippen LogP contribution < -0.4 is 0 Å². The third kappa shape index (κ3) is 4.94. The monoisotopic (exact) mass is 454 g/mol. The first kappa shape index (κ1) is 23.7. The molecule has 0 unspecified atom stereocenters. The van der Waals surface area contributed by atoms with Crippen LogP contribution in [0, 0.1) is 0 Å². The zero-order chi connectivity index (χ0) is 23.0. The van der Waals surface area contributed by atoms with Crippen LogP contribution in [0.15, 0.2) is 53.4 Å². The number of hydrogen-bond donors (Lipinski definition) is 0. The molecular formula is C19H16F6O4S. The second-order valence-corrected chi connectivity index (χ2v) is 9.32. The summed E-state index contributed by atoms with van der Waals surface area (Å²) in [5, 5.41) is 0. The van der Waals surface area contributed by atoms with Crippen LogP contribution in [0.5, 0.6) is 0 Å². The van der Waals surface area contributed by atoms with E-state index in [1.165, 1.54) is 0 Å². The molecule has 2 aromatic rings. The number of halogens is 6. The highest BCUT2D eigenvalue weighted by molar-refractivity contribution is 7.93. The molecule has 0 saturated heterocycles. The van der Waals surface area contributed by atoms with Crippen molar-refractivity contribution >= 4 is 15.8 Å². The maximum Gasteiger partial charge on any atom is 0.416 e. The SMILES string of the molecule is CC(C)(C(=O)OCc1ccccc1)S(=O)(=O)c1cc(C(F)(F)F)cc(C(F)(F)F)c1. The van der Waals surface area contributed by atoms with Gasteiger partial charge in [-0.3, -0.25) is 4.79 Å². The third-order valence-electron chi connectivity index (χ3n) is 4.25. The lowest BCUT2D eigenvalue weighted by Crippen LogP contribution is -2.42. The molecule has 0 bridgehead atoms. The van der Waals surface area contributed by atoms with Gasteiger partial charge < -0.3 is 4.74 Å². The summed E-state index contributed by atoms with van der Waals surface area (Å²) in [6.07, 6.45) is -10.5. The molecule has 0 heterocycles. The van der Waals surface area contributed by atoms with Gasteiger partial charge in [-0.2, -0.15) is 26.3 Å². The topological polar surface area (TPSA) is 60.4 Å². The number of ether oxygens (including phenoxy) is 1. The Bertz CT molecular complexity index is 993. The Labute approximate surface area is 168 Å². The van der Waals surface area contributed by atoms with Crippen molar-refractivity contribution in [2.24, 2.45) is 0 Å². The predicted octanol–water partition coefficient (Wildman–Crippen LogP) is 5.02. The smallest absolute Gasteiger partial charge is 0.416 e. The zero-order valence-electron chi connectivity index (χ0n) is 15.6. The number of benzene rings is 2. The predicted molar refractivity (Wildman–Crippen MR) is 93.9 cm³/mol. The maximum atomic E-state index is 13.0. The summed E-state index contributed by atoms with van der Waals surface area (Å²) < 4.78 is 106. The van der Waals surface area contributed by atoms with Crippen LogP contribution in [-0.2, 0) is 38.3 Å². The summed E-state index contributed by atoms with van der Waals surface area (Å²) >= 11 is 0. The van der Waals surface area contributed by atoms with Crippen molar-refractivity contribution in [2.75, 3.05) is 0 Å². The van der Waals surface area contributed by atoms with Crippen LogP contribution in [0.1, 0.15) is 30.5 Å². The Kier molecular flexibility index (Phi) is 6.27. The molecule has 164 valence electrons. The molecule has 4 nitrogen and oxygen atoms in total. The van der Waals surface area contributed by atoms with Crippen molar-refractivity contribution in [3.8, 4) is 0 Å². The van der Waals surface area contributed by atoms with Crippen molar-refractivity contribution in [1.82, 2.24) is 0 Å². The number of carbonyl (C=O) groups excluding carboxylic acids is 1. The summed E-state index contributed by atoms with van der Waals surface area (Å²) in [6, 6.07) is 8.05. The minimum absolute atomic E-state index is 0.0663. The van der Waals surface area contributed by atoms with Gasteiger partial charge in [0.2, 0.25) is 0 Å². The van der Waals surface area contributed by atoms with E-state index in [0.29, 0.717) is 5.56 Å². The van der Waals surface area contributed by atoms with Crippen molar-refractivity contribution in [3.05, 3.63) is 65.2 Å². The average Bonchev–Trinajstić information content (AvgIpc) is 2.64. The maximum absolute atomic E-state index is 13.0. The third-order valence-corrected chi connectivity index (χ3v) is 6.61. The highest BCUT2D eigenvalue weighted by atomic mass is 32.2. The minimum Gasteiger partial charge on any atom is -0.460 e. The van der Waals surface area contributed by atoms with Crippen molar-refractivity contribution in [2.45, 2.75) is 42.4 Å². The fourth-order valence-electron chi connectivity index (χ4n) is 2.38. The fourth-order valence-corrected chi connectivity index (χ4v) is 3.81. The van der Waals surface area contributed by atoms with E-state index < -0.39 is 48.9 Å². The Morgan fingerprint density at radius 1 is 0.867 bits per heavy atom. The molecule has 0 atom stereocenters. The lowest BCUT2D eigenvalue weighted by molar-refractivity contribution is -0.147. The van der Waals surface area contributed by atoms with E-state index in [4.69, 9.17) is 4.74 Å². The van der Waals surface area contributed by atoms with Gasteiger partial charge >= 0.3 is 18.3 Å². The lowest BCUT2D eigenvalue weighted by atomic mass is 10.1. The molecule has 0 amide bonds. The number of carbonyl (C=O) groups is 1. The summed E-state index contributed by atoms with van der Waals surface area (Å²) in [4.78, 5) is 11.1. The zero-order valence-corrected chi connectivity index (χ0v) is 16.5. The first-order valence-corrected chi connectivity index (χ1v) is 9.80. The van der Waals surface area contributed by atoms with E-state index in [1.807, 2.05) is 0 Å². The standard InChI is InChI=1S/C19H16F6O4S/c1-17(2,16(26)29-11-12-6-4-3-5-7-12)30(27,28)15-9-13(18(20,21)22)8-14(10-15)19(23,24)25/h3-10H,11H2,1-2H3. The molecule has 0 saturated carbocycles. The molecule has 0 aliphatic rings. The van der Waals surface area contributed by atoms with Crippen LogP contribution in [0.2, 0.25) is 0 Å². The summed E-state index contributed by atoms with van der Waals surface area (Å²) in [7, 11) is -4.98. The fraction of sp³-hybridized carbons (Fsp3) is 0.316. The van der Waals surface area contributed by atoms with E-state index >= 15 is 0 Å². The molecule has 30 heavy (non-hydrogen) atoms. The van der Waals surface area contributed by atoms with Crippen LogP contribution in [0.3, 0.4) is 0 Å². The van der Waals surface area contributed by atoms with Gasteiger partial charge in [0, 0.05) is 0 Å². The Hall–Kier alpha value is -2.56. The second kappa shape index (κ2) is 7.93. The summed E-state index contributed by atoms with van der Waals surface area (Å²) in [5.74, 6) is -1.32. The van der Waals surface area contributed by atoms with Crippen LogP contribution in [0.4, 0.5) is 26.3 Å². The van der Waals surface area contributed by atoms with Gasteiger partial charge in [0.25, 0.3) is 0 Å². The normalized spacial score (nSPS) is 13.2. The van der Waals surface area contributed by atoms with Crippen molar-refractivity contribution in [1.29, 1.82) is 0 Å². The number of hydrogen-bond acceptors (Lipinski definition) is 4. The van der Waals surface area contributed by atoms with E-state index in [1.54, 1.807) is 30.3 Å². The molecule has 0 aromatic heterocycles. The highest BCUT2D eigenvalue weighted by Gasteiger charge is 2.46. The second-order valence-electron chi connectivity index (χ2n) is 6.82. The van der Waals surface area contributed by atoms with Gasteiger partial charge in [0.1, 0.15) is 6.61 Å². The number of alkyl halides is 6. The number of rotatable bonds is 5. The van der Waals surface area contributed by atoms with Crippen LogP contribution in [-0.4, -0.2) is 19.1 Å². The van der Waals surface area contributed by atoms with Gasteiger partial charge in [0.15, 0.2) is 14.6 Å². The van der Waals surface area contributed by atoms with Crippen LogP contribution in [0.25, 0.3) is 0 Å². The molecule has 0 fully saturated rings. The Morgan fingerprint density at radius 2 is 1.33 bits per heavy atom. The van der Waals surface area contributed by atoms with E-state index in [-0.39, 0.29) is 24.8 Å². The summed E-state index contributed by atoms with van der Waals surface area (Å²) in [6.45, 7) is 1.38. The molecule has 0 radical (unpaired) electrons. The number of sulfone groups is 1. The molecular weight excluding hydrogens is 438 g/mol. The van der Waals surface area contributed by atoms with Gasteiger partial charge in [0.05, 0.1) is 16.0 Å². The van der Waals surface area contributed by atoms with Crippen molar-refractivity contribution in [3.63, 3.8) is 0 Å². The Balaban J connectivity index is 2.46. The van der Waals surface area contributed by atoms with E-state index in [2.05, 4.69) is 0 Å². The minimum atomic E-state index is -5.23. The molecule has 2 aromatic carbocycles. The first-order chi connectivity index (χ1) is 13.6. The van der Waals surface area contributed by atoms with Gasteiger partial charge in [-0.1, -0.05) is 30.3 Å². The number of esters is 1. The Morgan fingerprint density at radius 3 is 1.77 bits per heavy atom. The molecule has 0 aliphatic heterocycles. The summed E-state index contributed by atoms with van der Waals surface area (Å²) in [5.41, 5.74) is -3.09. The highest BCUT2D eigenvalue weighted by Crippen LogP contribution is 2.39. The lowest BCUT2D eigenvalue weighted by Gasteiger charge is -2.24.